The Bertz CT molecular complexity index is 499. The fourth-order valence-electron chi connectivity index (χ4n) is 1.48. The number of quaternary nitrogens is 1. The van der Waals surface area contributed by atoms with E-state index in [1.54, 1.807) is 7.11 Å². The van der Waals surface area contributed by atoms with E-state index in [1.165, 1.54) is 0 Å². The predicted octanol–water partition coefficient (Wildman–Crippen LogP) is 1.64. The van der Waals surface area contributed by atoms with Gasteiger partial charge in [-0.2, -0.15) is 0 Å². The second-order valence-electron chi connectivity index (χ2n) is 3.25. The van der Waals surface area contributed by atoms with Crippen LogP contribution in [0.15, 0.2) is 24.3 Å². The van der Waals surface area contributed by atoms with E-state index in [-0.39, 0.29) is 0 Å². The summed E-state index contributed by atoms with van der Waals surface area (Å²) in [4.78, 5) is 4.29. The smallest absolute Gasteiger partial charge is 0.138 e. The third-order valence-corrected chi connectivity index (χ3v) is 2.64. The van der Waals surface area contributed by atoms with Gasteiger partial charge in [0.15, 0.2) is 0 Å². The second-order valence-corrected chi connectivity index (χ2v) is 3.60. The van der Waals surface area contributed by atoms with Crippen LogP contribution in [0.2, 0.25) is 5.15 Å². The number of rotatable bonds is 2. The van der Waals surface area contributed by atoms with Gasteiger partial charge in [0.05, 0.1) is 12.6 Å². The molecule has 0 aliphatic heterocycles. The van der Waals surface area contributed by atoms with Gasteiger partial charge in [-0.25, -0.2) is 4.98 Å². The highest BCUT2D eigenvalue weighted by atomic mass is 35.5. The molecular formula is C11H12ClN2O+. The molecule has 1 heterocycles. The fraction of sp³-hybridized carbons (Fsp3) is 0.182. The Morgan fingerprint density at radius 1 is 1.40 bits per heavy atom. The van der Waals surface area contributed by atoms with Crippen molar-refractivity contribution in [2.75, 3.05) is 7.11 Å². The molecule has 0 spiro atoms. The van der Waals surface area contributed by atoms with Crippen LogP contribution in [0.25, 0.3) is 10.9 Å². The van der Waals surface area contributed by atoms with E-state index in [2.05, 4.69) is 10.7 Å². The first-order chi connectivity index (χ1) is 7.24. The van der Waals surface area contributed by atoms with Crippen molar-refractivity contribution in [3.8, 4) is 5.75 Å². The summed E-state index contributed by atoms with van der Waals surface area (Å²) < 4.78 is 5.15. The molecule has 0 radical (unpaired) electrons. The lowest BCUT2D eigenvalue weighted by molar-refractivity contribution is -0.386. The van der Waals surface area contributed by atoms with Gasteiger partial charge in [-0.05, 0) is 24.3 Å². The van der Waals surface area contributed by atoms with E-state index in [0.29, 0.717) is 11.7 Å². The summed E-state index contributed by atoms with van der Waals surface area (Å²) >= 11 is 5.99. The van der Waals surface area contributed by atoms with Crippen molar-refractivity contribution in [2.45, 2.75) is 6.54 Å². The van der Waals surface area contributed by atoms with Crippen molar-refractivity contribution in [3.05, 3.63) is 35.0 Å². The minimum atomic E-state index is 0.530. The lowest BCUT2D eigenvalue weighted by Gasteiger charge is -2.04. The van der Waals surface area contributed by atoms with Crippen molar-refractivity contribution >= 4 is 22.5 Å². The first kappa shape index (κ1) is 10.2. The number of ether oxygens (including phenoxy) is 1. The number of hydrogen-bond donors (Lipinski definition) is 1. The zero-order chi connectivity index (χ0) is 10.8. The molecule has 3 nitrogen and oxygen atoms in total. The van der Waals surface area contributed by atoms with Crippen LogP contribution in [0.5, 0.6) is 5.75 Å². The van der Waals surface area contributed by atoms with Crippen molar-refractivity contribution in [3.63, 3.8) is 0 Å². The van der Waals surface area contributed by atoms with Crippen LogP contribution in [0, 0.1) is 0 Å². The van der Waals surface area contributed by atoms with Crippen molar-refractivity contribution < 1.29 is 10.5 Å². The summed E-state index contributed by atoms with van der Waals surface area (Å²) in [5.74, 6) is 0.821. The number of nitrogens with zero attached hydrogens (tertiary/aromatic N) is 1. The number of aromatic nitrogens is 1. The summed E-state index contributed by atoms with van der Waals surface area (Å²) in [6.07, 6.45) is 0. The minimum Gasteiger partial charge on any atom is -0.497 e. The molecule has 3 N–H and O–H groups in total. The number of hydrogen-bond acceptors (Lipinski definition) is 2. The van der Waals surface area contributed by atoms with Gasteiger partial charge in [0, 0.05) is 10.9 Å². The summed E-state index contributed by atoms with van der Waals surface area (Å²) in [6, 6.07) is 7.71. The van der Waals surface area contributed by atoms with Crippen molar-refractivity contribution in [2.24, 2.45) is 0 Å². The molecule has 78 valence electrons. The topological polar surface area (TPSA) is 49.8 Å². The molecule has 0 fully saturated rings. The van der Waals surface area contributed by atoms with E-state index in [0.717, 1.165) is 22.2 Å². The van der Waals surface area contributed by atoms with Crippen LogP contribution in [-0.2, 0) is 6.54 Å². The van der Waals surface area contributed by atoms with Gasteiger partial charge in [-0.3, -0.25) is 0 Å². The number of pyridine rings is 1. The van der Waals surface area contributed by atoms with Gasteiger partial charge in [-0.1, -0.05) is 11.6 Å². The molecule has 2 aromatic rings. The van der Waals surface area contributed by atoms with Gasteiger partial charge in [-0.15, -0.1) is 0 Å². The molecule has 15 heavy (non-hydrogen) atoms. The Labute approximate surface area is 92.8 Å². The van der Waals surface area contributed by atoms with Crippen LogP contribution in [-0.4, -0.2) is 12.1 Å². The van der Waals surface area contributed by atoms with E-state index in [4.69, 9.17) is 16.3 Å². The summed E-state index contributed by atoms with van der Waals surface area (Å²) in [5, 5.41) is 1.56. The Morgan fingerprint density at radius 2 is 2.20 bits per heavy atom. The first-order valence-electron chi connectivity index (χ1n) is 4.67. The SMILES string of the molecule is COc1ccc2nc(Cl)c(C[NH3+])cc2c1. The van der Waals surface area contributed by atoms with Gasteiger partial charge in [0.1, 0.15) is 17.4 Å². The molecule has 2 rings (SSSR count). The maximum atomic E-state index is 5.99. The molecule has 0 saturated carbocycles. The van der Waals surface area contributed by atoms with Crippen LogP contribution in [0.1, 0.15) is 5.56 Å². The standard InChI is InChI=1S/C11H11ClN2O/c1-15-9-2-3-10-7(5-9)4-8(6-13)11(12)14-10/h2-5H,6,13H2,1H3/p+1. The van der Waals surface area contributed by atoms with Crippen LogP contribution in [0.4, 0.5) is 0 Å². The summed E-state index contributed by atoms with van der Waals surface area (Å²) in [6.45, 7) is 0.638. The maximum Gasteiger partial charge on any atom is 0.138 e. The number of methoxy groups -OCH3 is 1. The molecule has 1 aromatic heterocycles. The van der Waals surface area contributed by atoms with Crippen LogP contribution < -0.4 is 10.5 Å². The zero-order valence-electron chi connectivity index (χ0n) is 8.46. The monoisotopic (exact) mass is 223 g/mol. The van der Waals surface area contributed by atoms with Gasteiger partial charge >= 0.3 is 0 Å². The molecule has 0 unspecified atom stereocenters. The Morgan fingerprint density at radius 3 is 2.87 bits per heavy atom. The quantitative estimate of drug-likeness (QED) is 0.787. The molecule has 0 aliphatic carbocycles. The molecule has 1 aromatic carbocycles. The Kier molecular flexibility index (Phi) is 2.75. The molecule has 0 bridgehead atoms. The molecular weight excluding hydrogens is 212 g/mol. The van der Waals surface area contributed by atoms with Gasteiger partial charge in [0.25, 0.3) is 0 Å². The average molecular weight is 224 g/mol. The Balaban J connectivity index is 2.66. The zero-order valence-corrected chi connectivity index (χ0v) is 9.21. The molecule has 0 aliphatic rings. The largest absolute Gasteiger partial charge is 0.497 e. The normalized spacial score (nSPS) is 10.6. The lowest BCUT2D eigenvalue weighted by atomic mass is 10.1. The lowest BCUT2D eigenvalue weighted by Crippen LogP contribution is -2.47. The first-order valence-corrected chi connectivity index (χ1v) is 5.05. The minimum absolute atomic E-state index is 0.530. The van der Waals surface area contributed by atoms with Gasteiger partial charge in [0.2, 0.25) is 0 Å². The molecule has 0 saturated heterocycles. The van der Waals surface area contributed by atoms with Crippen molar-refractivity contribution in [1.82, 2.24) is 4.98 Å². The Hall–Kier alpha value is -1.32. The molecule has 0 amide bonds. The number of fused-ring (bicyclic) bond motifs is 1. The van der Waals surface area contributed by atoms with Crippen LogP contribution >= 0.6 is 11.6 Å². The van der Waals surface area contributed by atoms with E-state index in [1.807, 2.05) is 24.3 Å². The summed E-state index contributed by atoms with van der Waals surface area (Å²) in [5.41, 5.74) is 5.64. The van der Waals surface area contributed by atoms with E-state index < -0.39 is 0 Å². The van der Waals surface area contributed by atoms with E-state index >= 15 is 0 Å². The maximum absolute atomic E-state index is 5.99. The predicted molar refractivity (Wildman–Crippen MR) is 59.9 cm³/mol. The van der Waals surface area contributed by atoms with E-state index in [9.17, 15) is 0 Å². The third kappa shape index (κ3) is 1.89. The van der Waals surface area contributed by atoms with Crippen LogP contribution in [0.3, 0.4) is 0 Å². The summed E-state index contributed by atoms with van der Waals surface area (Å²) in [7, 11) is 1.65. The fourth-order valence-corrected chi connectivity index (χ4v) is 1.72. The van der Waals surface area contributed by atoms with Crippen molar-refractivity contribution in [1.29, 1.82) is 0 Å². The average Bonchev–Trinajstić information content (AvgIpc) is 2.27. The number of halogens is 1. The number of benzene rings is 1. The molecule has 4 heteroatoms. The molecule has 0 atom stereocenters. The third-order valence-electron chi connectivity index (χ3n) is 2.32. The highest BCUT2D eigenvalue weighted by Gasteiger charge is 2.05. The second kappa shape index (κ2) is 4.04. The van der Waals surface area contributed by atoms with Gasteiger partial charge < -0.3 is 10.5 Å². The highest BCUT2D eigenvalue weighted by molar-refractivity contribution is 6.30. The highest BCUT2D eigenvalue weighted by Crippen LogP contribution is 2.23.